The zero-order valence-electron chi connectivity index (χ0n) is 15.1. The molecular weight excluding hydrogens is 362 g/mol. The standard InChI is InChI=1S/C20H21N3O3S/c1-2-27-17-8-4-3-6-15(17)20(24)23-11-9-14(10-12-23)18-21-22-19(26-18)16-7-5-13-25-16/h3-8,13-14H,2,9-12H2,1H3. The normalized spacial score (nSPS) is 15.2. The molecule has 0 unspecified atom stereocenters. The summed E-state index contributed by atoms with van der Waals surface area (Å²) in [6.45, 7) is 3.47. The van der Waals surface area contributed by atoms with E-state index in [1.807, 2.05) is 29.2 Å². The first kappa shape index (κ1) is 17.9. The van der Waals surface area contributed by atoms with Gasteiger partial charge in [-0.2, -0.15) is 0 Å². The van der Waals surface area contributed by atoms with Gasteiger partial charge in [-0.3, -0.25) is 4.79 Å². The quantitative estimate of drug-likeness (QED) is 0.606. The van der Waals surface area contributed by atoms with E-state index in [1.54, 1.807) is 30.2 Å². The first-order chi connectivity index (χ1) is 13.3. The fourth-order valence-corrected chi connectivity index (χ4v) is 4.12. The highest BCUT2D eigenvalue weighted by atomic mass is 32.2. The van der Waals surface area contributed by atoms with E-state index >= 15 is 0 Å². The molecule has 140 valence electrons. The smallest absolute Gasteiger partial charge is 0.283 e. The largest absolute Gasteiger partial charge is 0.459 e. The van der Waals surface area contributed by atoms with E-state index in [0.717, 1.165) is 29.1 Å². The van der Waals surface area contributed by atoms with Crippen LogP contribution in [0.3, 0.4) is 0 Å². The van der Waals surface area contributed by atoms with Crippen molar-refractivity contribution >= 4 is 17.7 Å². The highest BCUT2D eigenvalue weighted by Gasteiger charge is 2.29. The zero-order chi connectivity index (χ0) is 18.6. The van der Waals surface area contributed by atoms with Gasteiger partial charge in [-0.1, -0.05) is 19.1 Å². The average molecular weight is 383 g/mol. The summed E-state index contributed by atoms with van der Waals surface area (Å²) < 4.78 is 11.1. The average Bonchev–Trinajstić information content (AvgIpc) is 3.40. The third-order valence-corrected chi connectivity index (χ3v) is 5.68. The summed E-state index contributed by atoms with van der Waals surface area (Å²) in [5.41, 5.74) is 0.792. The van der Waals surface area contributed by atoms with Crippen LogP contribution in [0.4, 0.5) is 0 Å². The van der Waals surface area contributed by atoms with Crippen molar-refractivity contribution in [1.29, 1.82) is 0 Å². The van der Waals surface area contributed by atoms with Crippen molar-refractivity contribution < 1.29 is 13.6 Å². The zero-order valence-corrected chi connectivity index (χ0v) is 15.9. The summed E-state index contributed by atoms with van der Waals surface area (Å²) in [4.78, 5) is 15.9. The SMILES string of the molecule is CCSc1ccccc1C(=O)N1CCC(c2nnc(-c3ccco3)o2)CC1. The van der Waals surface area contributed by atoms with Crippen molar-refractivity contribution in [3.8, 4) is 11.7 Å². The molecule has 4 rings (SSSR count). The van der Waals surface area contributed by atoms with Gasteiger partial charge in [0.1, 0.15) is 0 Å². The first-order valence-electron chi connectivity index (χ1n) is 9.14. The molecule has 27 heavy (non-hydrogen) atoms. The number of carbonyl (C=O) groups excluding carboxylic acids is 1. The molecule has 7 heteroatoms. The Morgan fingerprint density at radius 3 is 2.74 bits per heavy atom. The lowest BCUT2D eigenvalue weighted by atomic mass is 9.96. The predicted molar refractivity (Wildman–Crippen MR) is 103 cm³/mol. The number of thioether (sulfide) groups is 1. The van der Waals surface area contributed by atoms with E-state index in [1.165, 1.54) is 0 Å². The van der Waals surface area contributed by atoms with Crippen LogP contribution in [0.2, 0.25) is 0 Å². The molecule has 0 bridgehead atoms. The molecule has 1 aliphatic rings. The van der Waals surface area contributed by atoms with Crippen LogP contribution in [-0.4, -0.2) is 39.8 Å². The molecule has 6 nitrogen and oxygen atoms in total. The topological polar surface area (TPSA) is 72.4 Å². The maximum atomic E-state index is 12.9. The highest BCUT2D eigenvalue weighted by molar-refractivity contribution is 7.99. The highest BCUT2D eigenvalue weighted by Crippen LogP contribution is 2.31. The van der Waals surface area contributed by atoms with Crippen LogP contribution in [0.15, 0.2) is 56.4 Å². The number of rotatable bonds is 5. The van der Waals surface area contributed by atoms with Gasteiger partial charge < -0.3 is 13.7 Å². The van der Waals surface area contributed by atoms with Gasteiger partial charge in [-0.15, -0.1) is 22.0 Å². The molecule has 0 N–H and O–H groups in total. The second-order valence-corrected chi connectivity index (χ2v) is 7.72. The van der Waals surface area contributed by atoms with Crippen LogP contribution < -0.4 is 0 Å². The number of amides is 1. The van der Waals surface area contributed by atoms with Crippen LogP contribution >= 0.6 is 11.8 Å². The minimum absolute atomic E-state index is 0.104. The maximum absolute atomic E-state index is 12.9. The van der Waals surface area contributed by atoms with Gasteiger partial charge in [0.15, 0.2) is 5.76 Å². The van der Waals surface area contributed by atoms with Gasteiger partial charge in [0, 0.05) is 23.9 Å². The summed E-state index contributed by atoms with van der Waals surface area (Å²) >= 11 is 1.70. The number of piperidine rings is 1. The van der Waals surface area contributed by atoms with Crippen LogP contribution in [0.25, 0.3) is 11.7 Å². The summed E-state index contributed by atoms with van der Waals surface area (Å²) in [7, 11) is 0. The van der Waals surface area contributed by atoms with E-state index in [2.05, 4.69) is 17.1 Å². The molecule has 2 aromatic heterocycles. The fraction of sp³-hybridized carbons (Fsp3) is 0.350. The molecule has 3 heterocycles. The molecule has 1 aromatic carbocycles. The Morgan fingerprint density at radius 1 is 1.19 bits per heavy atom. The monoisotopic (exact) mass is 383 g/mol. The van der Waals surface area contributed by atoms with Crippen LogP contribution in [0.1, 0.15) is 41.9 Å². The van der Waals surface area contributed by atoms with Gasteiger partial charge in [-0.25, -0.2) is 0 Å². The van der Waals surface area contributed by atoms with Crippen molar-refractivity contribution in [2.24, 2.45) is 0 Å². The van der Waals surface area contributed by atoms with Crippen molar-refractivity contribution in [2.45, 2.75) is 30.6 Å². The van der Waals surface area contributed by atoms with Crippen molar-refractivity contribution in [2.75, 3.05) is 18.8 Å². The Kier molecular flexibility index (Phi) is 5.29. The lowest BCUT2D eigenvalue weighted by Crippen LogP contribution is -2.38. The predicted octanol–water partition coefficient (Wildman–Crippen LogP) is 4.46. The number of aromatic nitrogens is 2. The van der Waals surface area contributed by atoms with E-state index in [9.17, 15) is 4.79 Å². The third-order valence-electron chi connectivity index (χ3n) is 4.72. The Balaban J connectivity index is 1.41. The Labute approximate surface area is 162 Å². The lowest BCUT2D eigenvalue weighted by molar-refractivity contribution is 0.0703. The summed E-state index contributed by atoms with van der Waals surface area (Å²) in [5, 5.41) is 8.25. The van der Waals surface area contributed by atoms with Crippen molar-refractivity contribution in [1.82, 2.24) is 15.1 Å². The van der Waals surface area contributed by atoms with E-state index < -0.39 is 0 Å². The van der Waals surface area contributed by atoms with E-state index in [4.69, 9.17) is 8.83 Å². The number of hydrogen-bond donors (Lipinski definition) is 0. The Bertz CT molecular complexity index is 899. The third kappa shape index (κ3) is 3.78. The van der Waals surface area contributed by atoms with Gasteiger partial charge in [-0.05, 0) is 42.9 Å². The van der Waals surface area contributed by atoms with E-state index in [0.29, 0.717) is 30.6 Å². The van der Waals surface area contributed by atoms with Gasteiger partial charge in [0.25, 0.3) is 11.8 Å². The van der Waals surface area contributed by atoms with Crippen molar-refractivity contribution in [3.05, 3.63) is 54.1 Å². The number of furan rings is 1. The van der Waals surface area contributed by atoms with Crippen LogP contribution in [0.5, 0.6) is 0 Å². The minimum atomic E-state index is 0.104. The minimum Gasteiger partial charge on any atom is -0.459 e. The van der Waals surface area contributed by atoms with Crippen LogP contribution in [0, 0.1) is 0 Å². The molecule has 0 atom stereocenters. The number of carbonyl (C=O) groups is 1. The Morgan fingerprint density at radius 2 is 2.00 bits per heavy atom. The second kappa shape index (κ2) is 8.00. The maximum Gasteiger partial charge on any atom is 0.283 e. The fourth-order valence-electron chi connectivity index (χ4n) is 3.32. The molecule has 1 aliphatic heterocycles. The molecule has 0 radical (unpaired) electrons. The molecule has 0 spiro atoms. The molecule has 1 amide bonds. The second-order valence-electron chi connectivity index (χ2n) is 6.42. The number of likely N-dealkylation sites (tertiary alicyclic amines) is 1. The molecular formula is C20H21N3O3S. The molecule has 1 fully saturated rings. The summed E-state index contributed by atoms with van der Waals surface area (Å²) in [5.74, 6) is 2.82. The van der Waals surface area contributed by atoms with Gasteiger partial charge in [0.05, 0.1) is 11.8 Å². The van der Waals surface area contributed by atoms with Crippen molar-refractivity contribution in [3.63, 3.8) is 0 Å². The van der Waals surface area contributed by atoms with Gasteiger partial charge in [0.2, 0.25) is 5.89 Å². The molecule has 0 aliphatic carbocycles. The number of hydrogen-bond acceptors (Lipinski definition) is 6. The summed E-state index contributed by atoms with van der Waals surface area (Å²) in [6.07, 6.45) is 3.21. The van der Waals surface area contributed by atoms with Gasteiger partial charge >= 0.3 is 0 Å². The lowest BCUT2D eigenvalue weighted by Gasteiger charge is -2.31. The molecule has 1 saturated heterocycles. The first-order valence-corrected chi connectivity index (χ1v) is 10.1. The molecule has 0 saturated carbocycles. The summed E-state index contributed by atoms with van der Waals surface area (Å²) in [6, 6.07) is 11.4. The van der Waals surface area contributed by atoms with Crippen LogP contribution in [-0.2, 0) is 0 Å². The number of nitrogens with zero attached hydrogens (tertiary/aromatic N) is 3. The number of benzene rings is 1. The Hall–Kier alpha value is -2.54. The molecule has 3 aromatic rings. The van der Waals surface area contributed by atoms with E-state index in [-0.39, 0.29) is 11.8 Å².